The monoisotopic (exact) mass is 333 g/mol. The lowest BCUT2D eigenvalue weighted by Gasteiger charge is -2.30. The molecule has 0 radical (unpaired) electrons. The second-order valence-corrected chi connectivity index (χ2v) is 6.46. The molecule has 7 heteroatoms. The number of unbranched alkanes of at least 4 members (excludes halogenated alkanes) is 1. The summed E-state index contributed by atoms with van der Waals surface area (Å²) in [7, 11) is 0. The van der Waals surface area contributed by atoms with Gasteiger partial charge in [0.15, 0.2) is 11.5 Å². The molecule has 2 aromatic rings. The molecule has 1 amide bonds. The highest BCUT2D eigenvalue weighted by Gasteiger charge is 2.34. The molecule has 2 unspecified atom stereocenters. The van der Waals surface area contributed by atoms with Crippen molar-refractivity contribution in [1.29, 1.82) is 0 Å². The van der Waals surface area contributed by atoms with Crippen LogP contribution in [0.25, 0.3) is 0 Å². The van der Waals surface area contributed by atoms with E-state index in [-0.39, 0.29) is 12.0 Å². The van der Waals surface area contributed by atoms with E-state index in [4.69, 9.17) is 9.47 Å². The van der Waals surface area contributed by atoms with Gasteiger partial charge in [0.1, 0.15) is 11.1 Å². The van der Waals surface area contributed by atoms with Gasteiger partial charge in [-0.05, 0) is 25.5 Å². The molecular formula is C16H19N3O3S. The quantitative estimate of drug-likeness (QED) is 0.910. The Morgan fingerprint density at radius 1 is 1.26 bits per heavy atom. The van der Waals surface area contributed by atoms with Crippen molar-refractivity contribution in [3.8, 4) is 11.5 Å². The van der Waals surface area contributed by atoms with E-state index < -0.39 is 6.10 Å². The molecule has 122 valence electrons. The zero-order valence-electron chi connectivity index (χ0n) is 13.1. The van der Waals surface area contributed by atoms with Gasteiger partial charge < -0.3 is 9.47 Å². The van der Waals surface area contributed by atoms with Crippen LogP contribution in [0.15, 0.2) is 24.3 Å². The molecule has 6 nitrogen and oxygen atoms in total. The van der Waals surface area contributed by atoms with Gasteiger partial charge in [-0.15, -0.1) is 10.2 Å². The van der Waals surface area contributed by atoms with Crippen LogP contribution in [-0.2, 0) is 11.2 Å². The third kappa shape index (κ3) is 3.61. The largest absolute Gasteiger partial charge is 0.482 e. The average molecular weight is 333 g/mol. The number of aromatic nitrogens is 2. The molecule has 1 aliphatic rings. The first-order valence-electron chi connectivity index (χ1n) is 7.73. The lowest BCUT2D eigenvalue weighted by molar-refractivity contribution is -0.128. The third-order valence-electron chi connectivity index (χ3n) is 3.54. The first-order chi connectivity index (χ1) is 11.2. The molecule has 0 saturated heterocycles. The summed E-state index contributed by atoms with van der Waals surface area (Å²) in [4.78, 5) is 12.4. The topological polar surface area (TPSA) is 73.3 Å². The Balaban J connectivity index is 1.65. The molecule has 23 heavy (non-hydrogen) atoms. The first kappa shape index (κ1) is 15.7. The summed E-state index contributed by atoms with van der Waals surface area (Å²) in [5.74, 6) is 0.957. The highest BCUT2D eigenvalue weighted by molar-refractivity contribution is 7.15. The van der Waals surface area contributed by atoms with Gasteiger partial charge in [0.25, 0.3) is 5.91 Å². The van der Waals surface area contributed by atoms with Gasteiger partial charge in [0, 0.05) is 6.42 Å². The van der Waals surface area contributed by atoms with Gasteiger partial charge in [0.2, 0.25) is 11.2 Å². The number of fused-ring (bicyclic) bond motifs is 1. The van der Waals surface area contributed by atoms with Crippen molar-refractivity contribution in [2.75, 3.05) is 5.32 Å². The summed E-state index contributed by atoms with van der Waals surface area (Å²) < 4.78 is 11.5. The Bertz CT molecular complexity index is 689. The number of benzene rings is 1. The van der Waals surface area contributed by atoms with Crippen LogP contribution >= 0.6 is 11.3 Å². The van der Waals surface area contributed by atoms with Crippen molar-refractivity contribution in [2.24, 2.45) is 0 Å². The standard InChI is InChI=1S/C16H19N3O3S/c1-3-4-9-13-18-19-16(23-13)17-15(20)14-10(2)21-11-7-5-6-8-12(11)22-14/h5-8,10,14H,3-4,9H2,1-2H3,(H,17,19,20). The van der Waals surface area contributed by atoms with Crippen molar-refractivity contribution in [3.63, 3.8) is 0 Å². The Hall–Kier alpha value is -2.15. The Morgan fingerprint density at radius 3 is 2.74 bits per heavy atom. The van der Waals surface area contributed by atoms with E-state index in [1.54, 1.807) is 6.07 Å². The summed E-state index contributed by atoms with van der Waals surface area (Å²) in [5, 5.41) is 12.3. The van der Waals surface area contributed by atoms with Crippen LogP contribution in [0, 0.1) is 0 Å². The van der Waals surface area contributed by atoms with Crippen molar-refractivity contribution in [3.05, 3.63) is 29.3 Å². The van der Waals surface area contributed by atoms with Crippen molar-refractivity contribution in [2.45, 2.75) is 45.3 Å². The number of anilines is 1. The summed E-state index contributed by atoms with van der Waals surface area (Å²) in [6.45, 7) is 3.94. The van der Waals surface area contributed by atoms with Gasteiger partial charge in [-0.2, -0.15) is 0 Å². The molecule has 1 N–H and O–H groups in total. The maximum Gasteiger partial charge on any atom is 0.271 e. The highest BCUT2D eigenvalue weighted by atomic mass is 32.1. The van der Waals surface area contributed by atoms with Crippen molar-refractivity contribution >= 4 is 22.4 Å². The summed E-state index contributed by atoms with van der Waals surface area (Å²) in [6.07, 6.45) is 1.96. The fourth-order valence-corrected chi connectivity index (χ4v) is 3.10. The van der Waals surface area contributed by atoms with Gasteiger partial charge in [-0.1, -0.05) is 36.8 Å². The lowest BCUT2D eigenvalue weighted by Crippen LogP contribution is -2.46. The Morgan fingerprint density at radius 2 is 2.00 bits per heavy atom. The van der Waals surface area contributed by atoms with Crippen molar-refractivity contribution in [1.82, 2.24) is 10.2 Å². The first-order valence-corrected chi connectivity index (χ1v) is 8.54. The molecule has 0 bridgehead atoms. The predicted molar refractivity (Wildman–Crippen MR) is 88.1 cm³/mol. The fraction of sp³-hybridized carbons (Fsp3) is 0.438. The molecule has 0 saturated carbocycles. The number of para-hydroxylation sites is 2. The number of amides is 1. The van der Waals surface area contributed by atoms with Crippen LogP contribution in [0.2, 0.25) is 0 Å². The number of ether oxygens (including phenoxy) is 2. The number of hydrogen-bond donors (Lipinski definition) is 1. The molecule has 1 aliphatic heterocycles. The van der Waals surface area contributed by atoms with Crippen LogP contribution in [0.4, 0.5) is 5.13 Å². The Labute approximate surface area is 138 Å². The molecule has 1 aromatic carbocycles. The van der Waals surface area contributed by atoms with E-state index in [1.165, 1.54) is 11.3 Å². The normalized spacial score (nSPS) is 19.4. The molecule has 1 aromatic heterocycles. The van der Waals surface area contributed by atoms with E-state index in [0.29, 0.717) is 16.6 Å². The van der Waals surface area contributed by atoms with Crippen LogP contribution in [0.1, 0.15) is 31.7 Å². The van der Waals surface area contributed by atoms with Crippen LogP contribution in [0.5, 0.6) is 11.5 Å². The van der Waals surface area contributed by atoms with Crippen molar-refractivity contribution < 1.29 is 14.3 Å². The minimum Gasteiger partial charge on any atom is -0.482 e. The third-order valence-corrected chi connectivity index (χ3v) is 4.44. The summed E-state index contributed by atoms with van der Waals surface area (Å²) >= 11 is 1.40. The Kier molecular flexibility index (Phi) is 4.76. The fourth-order valence-electron chi connectivity index (χ4n) is 2.32. The maximum atomic E-state index is 12.4. The van der Waals surface area contributed by atoms with E-state index >= 15 is 0 Å². The molecule has 0 aliphatic carbocycles. The predicted octanol–water partition coefficient (Wildman–Crippen LogP) is 3.05. The number of nitrogens with one attached hydrogen (secondary N) is 1. The van der Waals surface area contributed by atoms with Gasteiger partial charge in [-0.25, -0.2) is 0 Å². The van der Waals surface area contributed by atoms with E-state index in [9.17, 15) is 4.79 Å². The second-order valence-electron chi connectivity index (χ2n) is 5.40. The number of carbonyl (C=O) groups excluding carboxylic acids is 1. The maximum absolute atomic E-state index is 12.4. The average Bonchev–Trinajstić information content (AvgIpc) is 2.99. The minimum absolute atomic E-state index is 0.273. The zero-order valence-corrected chi connectivity index (χ0v) is 13.9. The zero-order chi connectivity index (χ0) is 16.2. The van der Waals surface area contributed by atoms with Crippen LogP contribution in [-0.4, -0.2) is 28.3 Å². The van der Waals surface area contributed by atoms with Gasteiger partial charge >= 0.3 is 0 Å². The van der Waals surface area contributed by atoms with E-state index in [0.717, 1.165) is 24.3 Å². The number of aryl methyl sites for hydroxylation is 1. The molecular weight excluding hydrogens is 314 g/mol. The molecule has 0 fully saturated rings. The smallest absolute Gasteiger partial charge is 0.271 e. The molecule has 2 heterocycles. The number of hydrogen-bond acceptors (Lipinski definition) is 6. The summed E-state index contributed by atoms with van der Waals surface area (Å²) in [5.41, 5.74) is 0. The van der Waals surface area contributed by atoms with E-state index in [1.807, 2.05) is 25.1 Å². The second kappa shape index (κ2) is 6.95. The van der Waals surface area contributed by atoms with E-state index in [2.05, 4.69) is 22.4 Å². The number of nitrogens with zero attached hydrogens (tertiary/aromatic N) is 2. The summed E-state index contributed by atoms with van der Waals surface area (Å²) in [6, 6.07) is 7.33. The van der Waals surface area contributed by atoms with Gasteiger partial charge in [0.05, 0.1) is 0 Å². The SMILES string of the molecule is CCCCc1nnc(NC(=O)C2Oc3ccccc3OC2C)s1. The highest BCUT2D eigenvalue weighted by Crippen LogP contribution is 2.33. The number of carbonyl (C=O) groups is 1. The molecule has 0 spiro atoms. The molecule has 3 rings (SSSR count). The van der Waals surface area contributed by atoms with Crippen LogP contribution in [0.3, 0.4) is 0 Å². The van der Waals surface area contributed by atoms with Gasteiger partial charge in [-0.3, -0.25) is 10.1 Å². The van der Waals surface area contributed by atoms with Crippen LogP contribution < -0.4 is 14.8 Å². The minimum atomic E-state index is -0.715. The number of rotatable bonds is 5. The lowest BCUT2D eigenvalue weighted by atomic mass is 10.1. The molecule has 2 atom stereocenters.